The average molecular weight is 1100 g/mol. The van der Waals surface area contributed by atoms with Gasteiger partial charge in [-0.3, -0.25) is 71.9 Å². The molecule has 35 heteroatoms. The maximum atomic E-state index is 12.9. The van der Waals surface area contributed by atoms with Gasteiger partial charge in [0.2, 0.25) is 82.7 Å². The molecule has 0 aromatic carbocycles. The van der Waals surface area contributed by atoms with Gasteiger partial charge in [0.25, 0.3) is 0 Å². The predicted molar refractivity (Wildman–Crippen MR) is 258 cm³/mol. The molecule has 1 aliphatic rings. The fourth-order valence-electron chi connectivity index (χ4n) is 6.17. The molecule has 35 nitrogen and oxygen atoms in total. The number of carbonyl (C=O) groups excluding carboxylic acids is 14. The van der Waals surface area contributed by atoms with Crippen molar-refractivity contribution in [3.05, 3.63) is 0 Å². The molecule has 432 valence electrons. The van der Waals surface area contributed by atoms with Crippen LogP contribution in [0.15, 0.2) is 0 Å². The van der Waals surface area contributed by atoms with Gasteiger partial charge in [-0.1, -0.05) is 0 Å². The fourth-order valence-corrected chi connectivity index (χ4v) is 6.17. The fraction of sp³-hybridized carbons (Fsp3) is 0.643. The largest absolute Gasteiger partial charge is 0.480 e. The van der Waals surface area contributed by atoms with E-state index in [0.29, 0.717) is 13.0 Å². The Labute approximate surface area is 438 Å². The molecular weight excluding hydrogens is 1030 g/mol. The standard InChI is InChI=1S/C42H69N15O20/c1-18(51-29(65)14-50-41(76)33(21(4)60)57-40(75)25(17-59)55-38(73)23-7-6-8-43-23)35(70)47-9-27(63)45-13-31(67)56-34(22(5)61)42(77)53-20(3)37(72)48-10-26(62)44-12-30(66)54-24(16-58)39(74)52-19(2)36(71)49-11-28(64)46-15-32(68)69/h18-25,33-34,43,58-61H,6-17H2,1-5H3,(H,44,62)(H,45,63)(H,46,64)(H,47,70)(H,48,72)(H,49,71)(H,50,76)(H,51,65)(H,52,74)(H,53,77)(H,54,66)(H,55,73)(H,56,67)(H,57,75)(H,68,69)/t18-,19-,20-,21+,22+,23-,24-,25-,33-,34-/m0/s1. The van der Waals surface area contributed by atoms with Crippen LogP contribution < -0.4 is 79.8 Å². The molecule has 0 aromatic rings. The van der Waals surface area contributed by atoms with Gasteiger partial charge in [0.05, 0.1) is 70.7 Å². The van der Waals surface area contributed by atoms with Gasteiger partial charge in [-0.05, 0) is 54.0 Å². The molecule has 0 radical (unpaired) electrons. The van der Waals surface area contributed by atoms with E-state index in [1.54, 1.807) is 0 Å². The first-order valence-corrected chi connectivity index (χ1v) is 23.6. The van der Waals surface area contributed by atoms with Crippen molar-refractivity contribution in [2.45, 2.75) is 108 Å². The number of carboxylic acid groups (broad SMARTS) is 1. The summed E-state index contributed by atoms with van der Waals surface area (Å²) in [6, 6.07) is -10.9. The van der Waals surface area contributed by atoms with Gasteiger partial charge in [0, 0.05) is 0 Å². The molecule has 1 fully saturated rings. The summed E-state index contributed by atoms with van der Waals surface area (Å²) in [5.41, 5.74) is 0. The molecule has 0 aromatic heterocycles. The van der Waals surface area contributed by atoms with Crippen LogP contribution in [0.2, 0.25) is 0 Å². The number of nitrogens with one attached hydrogen (secondary N) is 15. The maximum Gasteiger partial charge on any atom is 0.322 e. The zero-order valence-corrected chi connectivity index (χ0v) is 42.6. The third kappa shape index (κ3) is 26.3. The smallest absolute Gasteiger partial charge is 0.322 e. The second-order valence-corrected chi connectivity index (χ2v) is 17.1. The van der Waals surface area contributed by atoms with Gasteiger partial charge in [-0.25, -0.2) is 0 Å². The van der Waals surface area contributed by atoms with E-state index in [0.717, 1.165) is 20.3 Å². The Hall–Kier alpha value is -8.15. The summed E-state index contributed by atoms with van der Waals surface area (Å²) in [7, 11) is 0. The van der Waals surface area contributed by atoms with Gasteiger partial charge < -0.3 is 105 Å². The molecule has 0 spiro atoms. The van der Waals surface area contributed by atoms with Gasteiger partial charge >= 0.3 is 5.97 Å². The zero-order chi connectivity index (χ0) is 58.5. The van der Waals surface area contributed by atoms with Crippen molar-refractivity contribution >= 4 is 88.7 Å². The summed E-state index contributed by atoms with van der Waals surface area (Å²) in [6.45, 7) is -0.366. The van der Waals surface area contributed by atoms with Gasteiger partial charge in [-0.2, -0.15) is 0 Å². The summed E-state index contributed by atoms with van der Waals surface area (Å²) in [4.78, 5) is 185. The summed E-state index contributed by atoms with van der Waals surface area (Å²) >= 11 is 0. The van der Waals surface area contributed by atoms with Gasteiger partial charge in [0.15, 0.2) is 0 Å². The minimum Gasteiger partial charge on any atom is -0.480 e. The van der Waals surface area contributed by atoms with E-state index >= 15 is 0 Å². The average Bonchev–Trinajstić information content (AvgIpc) is 3.93. The van der Waals surface area contributed by atoms with Crippen LogP contribution >= 0.6 is 0 Å². The third-order valence-corrected chi connectivity index (χ3v) is 10.5. The zero-order valence-electron chi connectivity index (χ0n) is 42.6. The number of aliphatic hydroxyl groups is 4. The lowest BCUT2D eigenvalue weighted by Gasteiger charge is -2.24. The van der Waals surface area contributed by atoms with Crippen LogP contribution in [-0.2, 0) is 71.9 Å². The number of aliphatic hydroxyl groups excluding tert-OH is 4. The summed E-state index contributed by atoms with van der Waals surface area (Å²) in [5.74, 6) is -14.3. The number of amides is 14. The molecule has 1 heterocycles. The maximum absolute atomic E-state index is 12.9. The molecule has 1 aliphatic heterocycles. The van der Waals surface area contributed by atoms with E-state index in [1.807, 2.05) is 5.32 Å². The van der Waals surface area contributed by atoms with E-state index in [1.165, 1.54) is 20.8 Å². The molecule has 0 unspecified atom stereocenters. The number of carbonyl (C=O) groups is 15. The molecule has 1 rings (SSSR count). The predicted octanol–water partition coefficient (Wildman–Crippen LogP) is -13.2. The summed E-state index contributed by atoms with van der Waals surface area (Å²) in [5, 5.41) is 81.4. The topological polar surface area (TPSA) is 538 Å². The van der Waals surface area contributed by atoms with Crippen LogP contribution in [0, 0.1) is 0 Å². The number of rotatable bonds is 33. The molecule has 0 bridgehead atoms. The SMILES string of the molecule is C[C@H](NC(=O)CNC(=O)[C@@H](NC(=O)[C@H](CO)NC(=O)[C@@H]1CCCN1)[C@@H](C)O)C(=O)NCC(=O)NCC(=O)N[C@H](C(=O)N[C@@H](C)C(=O)NCC(=O)NCC(=O)N[C@@H](CO)C(=O)N[C@@H](C)C(=O)NCC(=O)NCC(=O)O)[C@@H](C)O. The van der Waals surface area contributed by atoms with E-state index in [2.05, 4.69) is 74.4 Å². The third-order valence-electron chi connectivity index (χ3n) is 10.5. The van der Waals surface area contributed by atoms with Crippen molar-refractivity contribution in [2.75, 3.05) is 65.6 Å². The van der Waals surface area contributed by atoms with E-state index in [9.17, 15) is 92.3 Å². The van der Waals surface area contributed by atoms with Crippen LogP contribution in [-0.4, -0.2) is 240 Å². The van der Waals surface area contributed by atoms with Crippen molar-refractivity contribution < 1.29 is 97.5 Å². The number of carboxylic acids is 1. The normalized spacial score (nSPS) is 16.1. The second-order valence-electron chi connectivity index (χ2n) is 17.1. The Bertz CT molecular complexity index is 2160. The highest BCUT2D eigenvalue weighted by Gasteiger charge is 2.33. The number of hydrogen-bond acceptors (Lipinski definition) is 20. The highest BCUT2D eigenvalue weighted by molar-refractivity contribution is 5.98. The number of aliphatic carboxylic acids is 1. The summed E-state index contributed by atoms with van der Waals surface area (Å²) in [6.07, 6.45) is -1.82. The highest BCUT2D eigenvalue weighted by Crippen LogP contribution is 2.05. The Balaban J connectivity index is 2.49. The molecule has 77 heavy (non-hydrogen) atoms. The summed E-state index contributed by atoms with van der Waals surface area (Å²) < 4.78 is 0. The quantitative estimate of drug-likeness (QED) is 0.0290. The monoisotopic (exact) mass is 1100 g/mol. The lowest BCUT2D eigenvalue weighted by Crippen LogP contribution is -2.59. The molecular formula is C42H69N15O20. The number of hydrogen-bond donors (Lipinski definition) is 20. The highest BCUT2D eigenvalue weighted by atomic mass is 16.4. The molecule has 0 saturated carbocycles. The van der Waals surface area contributed by atoms with Crippen LogP contribution in [0.25, 0.3) is 0 Å². The Morgan fingerprint density at radius 1 is 0.416 bits per heavy atom. The van der Waals surface area contributed by atoms with Crippen molar-refractivity contribution in [1.29, 1.82) is 0 Å². The Kier molecular flexibility index (Phi) is 29.9. The van der Waals surface area contributed by atoms with Gasteiger partial charge in [0.1, 0.15) is 48.8 Å². The van der Waals surface area contributed by atoms with Crippen LogP contribution in [0.5, 0.6) is 0 Å². The van der Waals surface area contributed by atoms with E-state index in [-0.39, 0.29) is 0 Å². The van der Waals surface area contributed by atoms with Crippen molar-refractivity contribution in [2.24, 2.45) is 0 Å². The van der Waals surface area contributed by atoms with Crippen molar-refractivity contribution in [3.63, 3.8) is 0 Å². The van der Waals surface area contributed by atoms with Crippen LogP contribution in [0.3, 0.4) is 0 Å². The molecule has 0 aliphatic carbocycles. The minimum absolute atomic E-state index is 0.511. The lowest BCUT2D eigenvalue weighted by atomic mass is 10.1. The van der Waals surface area contributed by atoms with Gasteiger partial charge in [-0.15, -0.1) is 0 Å². The molecule has 20 N–H and O–H groups in total. The van der Waals surface area contributed by atoms with E-state index < -0.39 is 208 Å². The lowest BCUT2D eigenvalue weighted by molar-refractivity contribution is -0.138. The first kappa shape index (κ1) is 66.9. The van der Waals surface area contributed by atoms with Crippen LogP contribution in [0.4, 0.5) is 0 Å². The minimum atomic E-state index is -1.69. The first-order chi connectivity index (χ1) is 36.1. The van der Waals surface area contributed by atoms with Crippen molar-refractivity contribution in [1.82, 2.24) is 79.8 Å². The van der Waals surface area contributed by atoms with Crippen LogP contribution in [0.1, 0.15) is 47.5 Å². The first-order valence-electron chi connectivity index (χ1n) is 23.6. The molecule has 1 saturated heterocycles. The molecule has 14 amide bonds. The molecule has 10 atom stereocenters. The second kappa shape index (κ2) is 34.4. The van der Waals surface area contributed by atoms with E-state index in [4.69, 9.17) is 5.11 Å². The van der Waals surface area contributed by atoms with Crippen molar-refractivity contribution in [3.8, 4) is 0 Å². The Morgan fingerprint density at radius 3 is 1.22 bits per heavy atom. The Morgan fingerprint density at radius 2 is 0.779 bits per heavy atom.